The van der Waals surface area contributed by atoms with Gasteiger partial charge in [0.15, 0.2) is 0 Å². The molecule has 0 radical (unpaired) electrons. The van der Waals surface area contributed by atoms with Gasteiger partial charge in [0, 0.05) is 23.2 Å². The minimum Gasteiger partial charge on any atom is -0.373 e. The van der Waals surface area contributed by atoms with Crippen molar-refractivity contribution in [3.8, 4) is 0 Å². The molecule has 1 aliphatic heterocycles. The Morgan fingerprint density at radius 2 is 2.11 bits per heavy atom. The molecular formula is C14H19BrN2O2. The van der Waals surface area contributed by atoms with E-state index in [1.54, 1.807) is 0 Å². The molecule has 0 aromatic heterocycles. The van der Waals surface area contributed by atoms with Gasteiger partial charge in [0.05, 0.1) is 18.8 Å². The van der Waals surface area contributed by atoms with Gasteiger partial charge in [-0.2, -0.15) is 0 Å². The number of carbonyl (C=O) groups is 1. The molecule has 2 unspecified atom stereocenters. The van der Waals surface area contributed by atoms with Crippen molar-refractivity contribution in [1.82, 2.24) is 4.90 Å². The molecule has 104 valence electrons. The highest BCUT2D eigenvalue weighted by Crippen LogP contribution is 2.16. The second kappa shape index (κ2) is 6.50. The van der Waals surface area contributed by atoms with E-state index < -0.39 is 0 Å². The summed E-state index contributed by atoms with van der Waals surface area (Å²) in [6.45, 7) is 6.08. The molecule has 1 saturated heterocycles. The van der Waals surface area contributed by atoms with Gasteiger partial charge in [-0.1, -0.05) is 22.0 Å². The Balaban J connectivity index is 1.87. The van der Waals surface area contributed by atoms with E-state index in [1.165, 1.54) is 0 Å². The molecule has 0 spiro atoms. The number of ether oxygens (including phenoxy) is 1. The molecule has 5 heteroatoms. The van der Waals surface area contributed by atoms with Crippen molar-refractivity contribution in [3.05, 3.63) is 28.7 Å². The molecule has 1 amide bonds. The van der Waals surface area contributed by atoms with Crippen molar-refractivity contribution in [2.24, 2.45) is 0 Å². The van der Waals surface area contributed by atoms with E-state index in [0.717, 1.165) is 23.2 Å². The summed E-state index contributed by atoms with van der Waals surface area (Å²) in [7, 11) is 0. The first-order chi connectivity index (χ1) is 9.02. The summed E-state index contributed by atoms with van der Waals surface area (Å²) in [4.78, 5) is 14.1. The number of halogens is 1. The summed E-state index contributed by atoms with van der Waals surface area (Å²) >= 11 is 3.39. The molecule has 1 aliphatic rings. The Kier molecular flexibility index (Phi) is 4.96. The molecule has 1 aromatic rings. The number of rotatable bonds is 3. The monoisotopic (exact) mass is 326 g/mol. The fraction of sp³-hybridized carbons (Fsp3) is 0.500. The van der Waals surface area contributed by atoms with E-state index in [-0.39, 0.29) is 18.1 Å². The maximum absolute atomic E-state index is 12.0. The largest absolute Gasteiger partial charge is 0.373 e. The quantitative estimate of drug-likeness (QED) is 0.927. The third kappa shape index (κ3) is 4.60. The zero-order valence-electron chi connectivity index (χ0n) is 11.2. The molecule has 19 heavy (non-hydrogen) atoms. The molecular weight excluding hydrogens is 308 g/mol. The molecule has 4 nitrogen and oxygen atoms in total. The lowest BCUT2D eigenvalue weighted by Gasteiger charge is -2.34. The van der Waals surface area contributed by atoms with Gasteiger partial charge in [-0.3, -0.25) is 9.69 Å². The van der Waals surface area contributed by atoms with Crippen LogP contribution in [0.1, 0.15) is 13.8 Å². The average Bonchev–Trinajstić information content (AvgIpc) is 2.26. The third-order valence-corrected chi connectivity index (χ3v) is 3.46. The fourth-order valence-corrected chi connectivity index (χ4v) is 2.78. The molecule has 0 aliphatic carbocycles. The lowest BCUT2D eigenvalue weighted by Crippen LogP contribution is -2.48. The van der Waals surface area contributed by atoms with E-state index in [4.69, 9.17) is 4.74 Å². The van der Waals surface area contributed by atoms with Gasteiger partial charge in [0.2, 0.25) is 5.91 Å². The molecule has 2 rings (SSSR count). The first-order valence-corrected chi connectivity index (χ1v) is 7.25. The molecule has 0 saturated carbocycles. The normalized spacial score (nSPS) is 24.2. The van der Waals surface area contributed by atoms with Crippen molar-refractivity contribution in [3.63, 3.8) is 0 Å². The predicted molar refractivity (Wildman–Crippen MR) is 79.2 cm³/mol. The third-order valence-electron chi connectivity index (χ3n) is 2.97. The number of nitrogens with zero attached hydrogens (tertiary/aromatic N) is 1. The maximum atomic E-state index is 12.0. The van der Waals surface area contributed by atoms with Crippen molar-refractivity contribution in [2.75, 3.05) is 25.0 Å². The van der Waals surface area contributed by atoms with E-state index in [2.05, 4.69) is 26.1 Å². The minimum absolute atomic E-state index is 0.0133. The average molecular weight is 327 g/mol. The van der Waals surface area contributed by atoms with E-state index >= 15 is 0 Å². The van der Waals surface area contributed by atoms with Gasteiger partial charge in [0.1, 0.15) is 0 Å². The lowest BCUT2D eigenvalue weighted by molar-refractivity contribution is -0.121. The second-order valence-electron chi connectivity index (χ2n) is 5.01. The number of anilines is 1. The molecule has 1 N–H and O–H groups in total. The zero-order chi connectivity index (χ0) is 13.8. The number of nitrogens with one attached hydrogen (secondary N) is 1. The molecule has 0 bridgehead atoms. The molecule has 1 heterocycles. The van der Waals surface area contributed by atoms with Crippen LogP contribution < -0.4 is 5.32 Å². The topological polar surface area (TPSA) is 41.6 Å². The van der Waals surface area contributed by atoms with Crippen LogP contribution in [0.25, 0.3) is 0 Å². The van der Waals surface area contributed by atoms with Gasteiger partial charge in [-0.05, 0) is 32.0 Å². The molecule has 2 atom stereocenters. The summed E-state index contributed by atoms with van der Waals surface area (Å²) in [6.07, 6.45) is 0.366. The Morgan fingerprint density at radius 1 is 1.42 bits per heavy atom. The SMILES string of the molecule is CC1CN(CC(=O)Nc2cccc(Br)c2)CC(C)O1. The van der Waals surface area contributed by atoms with Crippen LogP contribution in [-0.4, -0.2) is 42.6 Å². The Hall–Kier alpha value is -0.910. The van der Waals surface area contributed by atoms with Crippen LogP contribution in [0, 0.1) is 0 Å². The second-order valence-corrected chi connectivity index (χ2v) is 5.93. The van der Waals surface area contributed by atoms with E-state index in [9.17, 15) is 4.79 Å². The molecule has 1 fully saturated rings. The van der Waals surface area contributed by atoms with Crippen LogP contribution >= 0.6 is 15.9 Å². The Labute approximate surface area is 122 Å². The van der Waals surface area contributed by atoms with Gasteiger partial charge < -0.3 is 10.1 Å². The van der Waals surface area contributed by atoms with Crippen LogP contribution in [0.3, 0.4) is 0 Å². The van der Waals surface area contributed by atoms with Crippen molar-refractivity contribution < 1.29 is 9.53 Å². The van der Waals surface area contributed by atoms with Crippen molar-refractivity contribution in [1.29, 1.82) is 0 Å². The fourth-order valence-electron chi connectivity index (χ4n) is 2.38. The highest BCUT2D eigenvalue weighted by Gasteiger charge is 2.23. The van der Waals surface area contributed by atoms with E-state index in [0.29, 0.717) is 6.54 Å². The summed E-state index contributed by atoms with van der Waals surface area (Å²) in [5.74, 6) is 0.0133. The minimum atomic E-state index is 0.0133. The summed E-state index contributed by atoms with van der Waals surface area (Å²) in [6, 6.07) is 7.61. The lowest BCUT2D eigenvalue weighted by atomic mass is 10.2. The number of amides is 1. The Morgan fingerprint density at radius 3 is 2.74 bits per heavy atom. The van der Waals surface area contributed by atoms with Crippen LogP contribution in [0.4, 0.5) is 5.69 Å². The van der Waals surface area contributed by atoms with Gasteiger partial charge in [0.25, 0.3) is 0 Å². The standard InChI is InChI=1S/C14H19BrN2O2/c1-10-7-17(8-11(2)19-10)9-14(18)16-13-5-3-4-12(15)6-13/h3-6,10-11H,7-9H2,1-2H3,(H,16,18). The maximum Gasteiger partial charge on any atom is 0.238 e. The van der Waals surface area contributed by atoms with Crippen LogP contribution in [0.5, 0.6) is 0 Å². The number of morpholine rings is 1. The number of hydrogen-bond donors (Lipinski definition) is 1. The van der Waals surface area contributed by atoms with Crippen LogP contribution in [0.2, 0.25) is 0 Å². The molecule has 1 aromatic carbocycles. The highest BCUT2D eigenvalue weighted by molar-refractivity contribution is 9.10. The van der Waals surface area contributed by atoms with Crippen LogP contribution in [-0.2, 0) is 9.53 Å². The van der Waals surface area contributed by atoms with Crippen LogP contribution in [0.15, 0.2) is 28.7 Å². The number of hydrogen-bond acceptors (Lipinski definition) is 3. The summed E-state index contributed by atoms with van der Waals surface area (Å²) in [5, 5.41) is 2.91. The first-order valence-electron chi connectivity index (χ1n) is 6.46. The van der Waals surface area contributed by atoms with Crippen molar-refractivity contribution in [2.45, 2.75) is 26.1 Å². The number of benzene rings is 1. The first kappa shape index (κ1) is 14.5. The summed E-state index contributed by atoms with van der Waals surface area (Å²) < 4.78 is 6.61. The van der Waals surface area contributed by atoms with Gasteiger partial charge in [-0.15, -0.1) is 0 Å². The smallest absolute Gasteiger partial charge is 0.238 e. The number of carbonyl (C=O) groups excluding carboxylic acids is 1. The summed E-state index contributed by atoms with van der Waals surface area (Å²) in [5.41, 5.74) is 0.814. The predicted octanol–water partition coefficient (Wildman–Crippen LogP) is 2.50. The van der Waals surface area contributed by atoms with Gasteiger partial charge in [-0.25, -0.2) is 0 Å². The van der Waals surface area contributed by atoms with E-state index in [1.807, 2.05) is 38.1 Å². The van der Waals surface area contributed by atoms with Crippen molar-refractivity contribution >= 4 is 27.5 Å². The highest BCUT2D eigenvalue weighted by atomic mass is 79.9. The Bertz CT molecular complexity index is 443. The zero-order valence-corrected chi connectivity index (χ0v) is 12.8. The van der Waals surface area contributed by atoms with Gasteiger partial charge >= 0.3 is 0 Å².